The van der Waals surface area contributed by atoms with Gasteiger partial charge in [-0.3, -0.25) is 0 Å². The number of aliphatic hydroxyl groups excluding tert-OH is 1. The first kappa shape index (κ1) is 14.9. The first-order valence-electron chi connectivity index (χ1n) is 6.37. The number of nitrogens with zero attached hydrogens (tertiary/aromatic N) is 1. The first-order valence-corrected chi connectivity index (χ1v) is 7.81. The number of hydrogen-bond acceptors (Lipinski definition) is 3. The second-order valence-corrected chi connectivity index (χ2v) is 6.55. The Bertz CT molecular complexity index is 319. The minimum absolute atomic E-state index is 0.0113. The summed E-state index contributed by atoms with van der Waals surface area (Å²) in [5.41, 5.74) is 0. The molecule has 0 radical (unpaired) electrons. The van der Waals surface area contributed by atoms with E-state index in [1.807, 2.05) is 6.92 Å². The van der Waals surface area contributed by atoms with Crippen LogP contribution in [0.4, 0.5) is 0 Å². The normalized spacial score (nSPS) is 24.8. The standard InChI is InChI=1S/C11H24N2O3S/c1-3-11(6-8-14)12-17(15,16)13-7-4-5-10(2)9-13/h10-12,14H,3-9H2,1-2H3. The number of aliphatic hydroxyl groups is 1. The van der Waals surface area contributed by atoms with Crippen molar-refractivity contribution in [3.63, 3.8) is 0 Å². The Labute approximate surface area is 104 Å². The van der Waals surface area contributed by atoms with Crippen LogP contribution < -0.4 is 4.72 Å². The van der Waals surface area contributed by atoms with E-state index in [2.05, 4.69) is 11.6 Å². The molecule has 2 atom stereocenters. The van der Waals surface area contributed by atoms with Crippen LogP contribution in [0.5, 0.6) is 0 Å². The predicted molar refractivity (Wildman–Crippen MR) is 67.8 cm³/mol. The lowest BCUT2D eigenvalue weighted by Gasteiger charge is -2.31. The minimum atomic E-state index is -3.38. The van der Waals surface area contributed by atoms with E-state index in [1.54, 1.807) is 0 Å². The lowest BCUT2D eigenvalue weighted by molar-refractivity contribution is 0.260. The second-order valence-electron chi connectivity index (χ2n) is 4.85. The van der Waals surface area contributed by atoms with Gasteiger partial charge in [0, 0.05) is 25.7 Å². The molecule has 0 aromatic heterocycles. The quantitative estimate of drug-likeness (QED) is 0.742. The molecule has 5 nitrogen and oxygen atoms in total. The average molecular weight is 264 g/mol. The summed E-state index contributed by atoms with van der Waals surface area (Å²) in [7, 11) is -3.38. The van der Waals surface area contributed by atoms with Crippen LogP contribution >= 0.6 is 0 Å². The van der Waals surface area contributed by atoms with E-state index >= 15 is 0 Å². The zero-order valence-corrected chi connectivity index (χ0v) is 11.5. The lowest BCUT2D eigenvalue weighted by Crippen LogP contribution is -2.48. The van der Waals surface area contributed by atoms with Crippen molar-refractivity contribution in [1.82, 2.24) is 9.03 Å². The van der Waals surface area contributed by atoms with Gasteiger partial charge in [-0.15, -0.1) is 0 Å². The van der Waals surface area contributed by atoms with Gasteiger partial charge in [0.1, 0.15) is 0 Å². The van der Waals surface area contributed by atoms with Crippen LogP contribution in [-0.2, 0) is 10.2 Å². The van der Waals surface area contributed by atoms with Crippen molar-refractivity contribution in [3.8, 4) is 0 Å². The van der Waals surface area contributed by atoms with Gasteiger partial charge in [0.05, 0.1) is 0 Å². The molecule has 1 fully saturated rings. The number of rotatable bonds is 6. The zero-order valence-electron chi connectivity index (χ0n) is 10.7. The molecule has 1 aliphatic heterocycles. The van der Waals surface area contributed by atoms with Crippen LogP contribution in [0.25, 0.3) is 0 Å². The third-order valence-electron chi connectivity index (χ3n) is 3.25. The third-order valence-corrected chi connectivity index (χ3v) is 4.89. The average Bonchev–Trinajstić information content (AvgIpc) is 2.28. The highest BCUT2D eigenvalue weighted by Crippen LogP contribution is 2.18. The lowest BCUT2D eigenvalue weighted by atomic mass is 10.0. The highest BCUT2D eigenvalue weighted by molar-refractivity contribution is 7.87. The molecule has 1 saturated heterocycles. The fourth-order valence-corrected chi connectivity index (χ4v) is 3.83. The van der Waals surface area contributed by atoms with Crippen molar-refractivity contribution in [3.05, 3.63) is 0 Å². The summed E-state index contributed by atoms with van der Waals surface area (Å²) in [4.78, 5) is 0. The highest BCUT2D eigenvalue weighted by atomic mass is 32.2. The summed E-state index contributed by atoms with van der Waals surface area (Å²) >= 11 is 0. The molecule has 0 bridgehead atoms. The molecule has 1 rings (SSSR count). The van der Waals surface area contributed by atoms with E-state index in [0.717, 1.165) is 12.8 Å². The van der Waals surface area contributed by atoms with Gasteiger partial charge in [0.15, 0.2) is 0 Å². The Morgan fingerprint density at radius 3 is 2.76 bits per heavy atom. The van der Waals surface area contributed by atoms with Gasteiger partial charge in [-0.1, -0.05) is 13.8 Å². The Balaban J connectivity index is 2.60. The van der Waals surface area contributed by atoms with Gasteiger partial charge in [-0.25, -0.2) is 0 Å². The summed E-state index contributed by atoms with van der Waals surface area (Å²) in [6, 6.07) is -0.165. The first-order chi connectivity index (χ1) is 7.99. The molecule has 0 aromatic carbocycles. The molecule has 0 amide bonds. The third kappa shape index (κ3) is 4.54. The smallest absolute Gasteiger partial charge is 0.279 e. The van der Waals surface area contributed by atoms with Crippen LogP contribution in [0.1, 0.15) is 39.5 Å². The van der Waals surface area contributed by atoms with Crippen LogP contribution in [0.3, 0.4) is 0 Å². The van der Waals surface area contributed by atoms with Crippen molar-refractivity contribution >= 4 is 10.2 Å². The van der Waals surface area contributed by atoms with Crippen LogP contribution in [-0.4, -0.2) is 43.6 Å². The fraction of sp³-hybridized carbons (Fsp3) is 1.00. The van der Waals surface area contributed by atoms with Crippen molar-refractivity contribution in [2.75, 3.05) is 19.7 Å². The van der Waals surface area contributed by atoms with Crippen molar-refractivity contribution in [1.29, 1.82) is 0 Å². The Morgan fingerprint density at radius 1 is 1.53 bits per heavy atom. The summed E-state index contributed by atoms with van der Waals surface area (Å²) < 4.78 is 28.4. The topological polar surface area (TPSA) is 69.6 Å². The van der Waals surface area contributed by atoms with Gasteiger partial charge in [0.2, 0.25) is 0 Å². The Kier molecular flexibility index (Phi) is 5.85. The van der Waals surface area contributed by atoms with E-state index in [-0.39, 0.29) is 12.6 Å². The molecule has 6 heteroatoms. The van der Waals surface area contributed by atoms with Gasteiger partial charge in [-0.2, -0.15) is 17.4 Å². The van der Waals surface area contributed by atoms with Crippen molar-refractivity contribution in [2.45, 2.75) is 45.6 Å². The van der Waals surface area contributed by atoms with E-state index in [4.69, 9.17) is 5.11 Å². The van der Waals surface area contributed by atoms with Gasteiger partial charge >= 0.3 is 0 Å². The maximum absolute atomic E-state index is 12.1. The van der Waals surface area contributed by atoms with Crippen molar-refractivity contribution in [2.24, 2.45) is 5.92 Å². The van der Waals surface area contributed by atoms with Crippen LogP contribution in [0.2, 0.25) is 0 Å². The second kappa shape index (κ2) is 6.68. The maximum Gasteiger partial charge on any atom is 0.279 e. The largest absolute Gasteiger partial charge is 0.396 e. The van der Waals surface area contributed by atoms with Gasteiger partial charge in [-0.05, 0) is 31.6 Å². The van der Waals surface area contributed by atoms with E-state index in [9.17, 15) is 8.42 Å². The van der Waals surface area contributed by atoms with Crippen LogP contribution in [0, 0.1) is 5.92 Å². The minimum Gasteiger partial charge on any atom is -0.396 e. The molecular weight excluding hydrogens is 240 g/mol. The number of nitrogens with one attached hydrogen (secondary N) is 1. The molecular formula is C11H24N2O3S. The summed E-state index contributed by atoms with van der Waals surface area (Å²) in [5.74, 6) is 0.429. The molecule has 102 valence electrons. The molecule has 17 heavy (non-hydrogen) atoms. The fourth-order valence-electron chi connectivity index (χ4n) is 2.15. The summed E-state index contributed by atoms with van der Waals surface area (Å²) in [6.07, 6.45) is 3.20. The van der Waals surface area contributed by atoms with E-state index < -0.39 is 10.2 Å². The molecule has 1 aliphatic rings. The Hall–Kier alpha value is -0.170. The predicted octanol–water partition coefficient (Wildman–Crippen LogP) is 0.714. The SMILES string of the molecule is CCC(CCO)NS(=O)(=O)N1CCCC(C)C1. The number of piperidine rings is 1. The molecule has 1 heterocycles. The van der Waals surface area contributed by atoms with Gasteiger partial charge < -0.3 is 5.11 Å². The molecule has 2 N–H and O–H groups in total. The summed E-state index contributed by atoms with van der Waals surface area (Å²) in [5, 5.41) is 8.87. The molecule has 0 aliphatic carbocycles. The van der Waals surface area contributed by atoms with Gasteiger partial charge in [0.25, 0.3) is 10.2 Å². The zero-order chi connectivity index (χ0) is 12.9. The van der Waals surface area contributed by atoms with Crippen LogP contribution in [0.15, 0.2) is 0 Å². The summed E-state index contributed by atoms with van der Waals surface area (Å²) in [6.45, 7) is 5.21. The molecule has 2 unspecified atom stereocenters. The number of hydrogen-bond donors (Lipinski definition) is 2. The van der Waals surface area contributed by atoms with Crippen molar-refractivity contribution < 1.29 is 13.5 Å². The van der Waals surface area contributed by atoms with E-state index in [0.29, 0.717) is 31.8 Å². The Morgan fingerprint density at radius 2 is 2.24 bits per heavy atom. The maximum atomic E-state index is 12.1. The monoisotopic (exact) mass is 264 g/mol. The highest BCUT2D eigenvalue weighted by Gasteiger charge is 2.28. The molecule has 0 saturated carbocycles. The molecule has 0 spiro atoms. The van der Waals surface area contributed by atoms with E-state index in [1.165, 1.54) is 4.31 Å². The molecule has 0 aromatic rings.